The second-order valence-corrected chi connectivity index (χ2v) is 5.72. The molecule has 3 rings (SSSR count). The van der Waals surface area contributed by atoms with E-state index in [9.17, 15) is 4.39 Å². The molecule has 0 spiro atoms. The third kappa shape index (κ3) is 2.74. The van der Waals surface area contributed by atoms with Crippen molar-refractivity contribution < 1.29 is 4.39 Å². The Labute approximate surface area is 127 Å². The normalized spacial score (nSPS) is 17.9. The average Bonchev–Trinajstić information content (AvgIpc) is 2.89. The van der Waals surface area contributed by atoms with E-state index < -0.39 is 0 Å². The molecule has 108 valence electrons. The molecule has 2 aromatic carbocycles. The van der Waals surface area contributed by atoms with Crippen molar-refractivity contribution in [3.05, 3.63) is 59.9 Å². The van der Waals surface area contributed by atoms with E-state index in [1.165, 1.54) is 17.0 Å². The van der Waals surface area contributed by atoms with E-state index >= 15 is 0 Å². The van der Waals surface area contributed by atoms with Crippen molar-refractivity contribution in [2.24, 2.45) is 10.7 Å². The largest absolute Gasteiger partial charge is 0.369 e. The minimum absolute atomic E-state index is 0.0164. The van der Waals surface area contributed by atoms with E-state index in [4.69, 9.17) is 5.73 Å². The first-order chi connectivity index (χ1) is 10.2. The maximum Gasteiger partial charge on any atom is 0.196 e. The predicted molar refractivity (Wildman–Crippen MR) is 86.3 cm³/mol. The lowest BCUT2D eigenvalue weighted by Gasteiger charge is -2.26. The van der Waals surface area contributed by atoms with E-state index in [0.717, 1.165) is 11.3 Å². The van der Waals surface area contributed by atoms with Crippen LogP contribution in [0.1, 0.15) is 11.6 Å². The fourth-order valence-corrected chi connectivity index (χ4v) is 2.92. The van der Waals surface area contributed by atoms with Gasteiger partial charge >= 0.3 is 0 Å². The van der Waals surface area contributed by atoms with E-state index in [1.807, 2.05) is 17.2 Å². The minimum Gasteiger partial charge on any atom is -0.369 e. The lowest BCUT2D eigenvalue weighted by Crippen LogP contribution is -2.36. The Morgan fingerprint density at radius 1 is 1.24 bits per heavy atom. The van der Waals surface area contributed by atoms with E-state index in [-0.39, 0.29) is 11.9 Å². The number of thioether (sulfide) groups is 1. The highest BCUT2D eigenvalue weighted by Gasteiger charge is 2.28. The Bertz CT molecular complexity index is 669. The van der Waals surface area contributed by atoms with Crippen molar-refractivity contribution in [3.63, 3.8) is 0 Å². The van der Waals surface area contributed by atoms with Crippen LogP contribution in [0.15, 0.2) is 58.4 Å². The van der Waals surface area contributed by atoms with Gasteiger partial charge in [0.25, 0.3) is 0 Å². The van der Waals surface area contributed by atoms with Gasteiger partial charge in [0.1, 0.15) is 5.82 Å². The Morgan fingerprint density at radius 2 is 2.00 bits per heavy atom. The van der Waals surface area contributed by atoms with Crippen LogP contribution in [0.2, 0.25) is 0 Å². The highest BCUT2D eigenvalue weighted by molar-refractivity contribution is 7.98. The van der Waals surface area contributed by atoms with Crippen molar-refractivity contribution in [2.75, 3.05) is 17.7 Å². The lowest BCUT2D eigenvalue weighted by atomic mass is 10.1. The summed E-state index contributed by atoms with van der Waals surface area (Å²) in [6.45, 7) is 0.584. The van der Waals surface area contributed by atoms with Crippen LogP contribution in [0, 0.1) is 5.82 Å². The molecule has 1 atom stereocenters. The van der Waals surface area contributed by atoms with Gasteiger partial charge in [0.05, 0.1) is 12.6 Å². The molecule has 0 amide bonds. The number of hydrogen-bond donors (Lipinski definition) is 1. The maximum absolute atomic E-state index is 13.5. The molecule has 1 aliphatic rings. The molecule has 0 bridgehead atoms. The van der Waals surface area contributed by atoms with Crippen LogP contribution in [0.4, 0.5) is 10.1 Å². The Kier molecular flexibility index (Phi) is 3.84. The van der Waals surface area contributed by atoms with Crippen LogP contribution < -0.4 is 10.6 Å². The van der Waals surface area contributed by atoms with Gasteiger partial charge in [0, 0.05) is 10.6 Å². The average molecular weight is 301 g/mol. The Balaban J connectivity index is 1.94. The molecule has 0 radical (unpaired) electrons. The maximum atomic E-state index is 13.5. The Morgan fingerprint density at radius 3 is 2.67 bits per heavy atom. The van der Waals surface area contributed by atoms with Crippen LogP contribution in [0.25, 0.3) is 0 Å². The molecule has 5 heteroatoms. The van der Waals surface area contributed by atoms with Gasteiger partial charge in [-0.3, -0.25) is 4.99 Å². The summed E-state index contributed by atoms with van der Waals surface area (Å²) in [4.78, 5) is 7.41. The van der Waals surface area contributed by atoms with Crippen molar-refractivity contribution >= 4 is 23.4 Å². The second-order valence-electron chi connectivity index (χ2n) is 4.84. The van der Waals surface area contributed by atoms with Gasteiger partial charge in [0.2, 0.25) is 0 Å². The van der Waals surface area contributed by atoms with Crippen LogP contribution in [0.5, 0.6) is 0 Å². The van der Waals surface area contributed by atoms with Gasteiger partial charge in [-0.25, -0.2) is 4.39 Å². The number of guanidine groups is 1. The Hall–Kier alpha value is -2.01. The van der Waals surface area contributed by atoms with E-state index in [1.54, 1.807) is 17.8 Å². The van der Waals surface area contributed by atoms with E-state index in [0.29, 0.717) is 12.5 Å². The van der Waals surface area contributed by atoms with Crippen LogP contribution in [-0.4, -0.2) is 18.8 Å². The summed E-state index contributed by atoms with van der Waals surface area (Å²) >= 11 is 1.70. The quantitative estimate of drug-likeness (QED) is 0.883. The molecule has 2 aromatic rings. The summed E-state index contributed by atoms with van der Waals surface area (Å²) in [5.41, 5.74) is 7.85. The standard InChI is InChI=1S/C16H16FN3S/c1-21-14-7-5-11(6-8-14)15-10-19-16(18)20(15)13-4-2-3-12(17)9-13/h2-9,15H,10H2,1H3,(H2,18,19). The van der Waals surface area contributed by atoms with Crippen LogP contribution in [-0.2, 0) is 0 Å². The van der Waals surface area contributed by atoms with Crippen molar-refractivity contribution in [1.29, 1.82) is 0 Å². The number of nitrogens with two attached hydrogens (primary N) is 1. The summed E-state index contributed by atoms with van der Waals surface area (Å²) in [6.07, 6.45) is 2.05. The topological polar surface area (TPSA) is 41.6 Å². The monoisotopic (exact) mass is 301 g/mol. The summed E-state index contributed by atoms with van der Waals surface area (Å²) < 4.78 is 13.5. The van der Waals surface area contributed by atoms with Gasteiger partial charge < -0.3 is 10.6 Å². The fourth-order valence-electron chi connectivity index (χ4n) is 2.52. The molecule has 1 unspecified atom stereocenters. The second kappa shape index (κ2) is 5.77. The molecule has 3 nitrogen and oxygen atoms in total. The molecule has 0 aliphatic carbocycles. The number of halogens is 1. The number of hydrogen-bond acceptors (Lipinski definition) is 4. The third-order valence-corrected chi connectivity index (χ3v) is 4.32. The zero-order chi connectivity index (χ0) is 14.8. The highest BCUT2D eigenvalue weighted by Crippen LogP contribution is 2.32. The molecule has 21 heavy (non-hydrogen) atoms. The SMILES string of the molecule is CSc1ccc(C2CN=C(N)N2c2cccc(F)c2)cc1. The predicted octanol–water partition coefficient (Wildman–Crippen LogP) is 3.42. The molecule has 0 aromatic heterocycles. The van der Waals surface area contributed by atoms with Gasteiger partial charge in [0.15, 0.2) is 5.96 Å². The zero-order valence-corrected chi connectivity index (χ0v) is 12.5. The number of benzene rings is 2. The van der Waals surface area contributed by atoms with Gasteiger partial charge in [-0.1, -0.05) is 18.2 Å². The molecular formula is C16H16FN3S. The molecule has 0 saturated carbocycles. The van der Waals surface area contributed by atoms with Crippen LogP contribution >= 0.6 is 11.8 Å². The summed E-state index contributed by atoms with van der Waals surface area (Å²) in [6, 6.07) is 14.8. The number of rotatable bonds is 3. The zero-order valence-electron chi connectivity index (χ0n) is 11.7. The number of anilines is 1. The molecular weight excluding hydrogens is 285 g/mol. The van der Waals surface area contributed by atoms with Crippen molar-refractivity contribution in [2.45, 2.75) is 10.9 Å². The first kappa shape index (κ1) is 13.9. The molecule has 0 saturated heterocycles. The number of aliphatic imine (C=N–C) groups is 1. The van der Waals surface area contributed by atoms with Crippen molar-refractivity contribution in [1.82, 2.24) is 0 Å². The van der Waals surface area contributed by atoms with Crippen LogP contribution in [0.3, 0.4) is 0 Å². The molecule has 0 fully saturated rings. The number of nitrogens with zero attached hydrogens (tertiary/aromatic N) is 2. The molecule has 1 heterocycles. The first-order valence-electron chi connectivity index (χ1n) is 6.67. The third-order valence-electron chi connectivity index (χ3n) is 3.57. The van der Waals surface area contributed by atoms with Gasteiger partial charge in [-0.05, 0) is 42.2 Å². The van der Waals surface area contributed by atoms with Gasteiger partial charge in [-0.2, -0.15) is 0 Å². The molecule has 1 aliphatic heterocycles. The summed E-state index contributed by atoms with van der Waals surface area (Å²) in [5.74, 6) is 0.156. The minimum atomic E-state index is -0.274. The molecule has 2 N–H and O–H groups in total. The first-order valence-corrected chi connectivity index (χ1v) is 7.90. The fraction of sp³-hybridized carbons (Fsp3) is 0.188. The van der Waals surface area contributed by atoms with Gasteiger partial charge in [-0.15, -0.1) is 11.8 Å². The highest BCUT2D eigenvalue weighted by atomic mass is 32.2. The smallest absolute Gasteiger partial charge is 0.196 e. The lowest BCUT2D eigenvalue weighted by molar-refractivity contribution is 0.626. The van der Waals surface area contributed by atoms with Crippen molar-refractivity contribution in [3.8, 4) is 0 Å². The van der Waals surface area contributed by atoms with E-state index in [2.05, 4.69) is 29.3 Å². The summed E-state index contributed by atoms with van der Waals surface area (Å²) in [7, 11) is 0. The summed E-state index contributed by atoms with van der Waals surface area (Å²) in [5, 5.41) is 0.